The van der Waals surface area contributed by atoms with Gasteiger partial charge in [-0.3, -0.25) is 9.36 Å². The number of benzene rings is 2. The summed E-state index contributed by atoms with van der Waals surface area (Å²) < 4.78 is 6.62. The molecule has 6 heteroatoms. The van der Waals surface area contributed by atoms with Crippen molar-refractivity contribution in [1.29, 1.82) is 0 Å². The van der Waals surface area contributed by atoms with Crippen molar-refractivity contribution < 1.29 is 9.21 Å². The number of fused-ring (bicyclic) bond motifs is 2. The smallest absolute Gasteiger partial charge is 0.408 e. The van der Waals surface area contributed by atoms with Crippen molar-refractivity contribution in [2.24, 2.45) is 0 Å². The van der Waals surface area contributed by atoms with Gasteiger partial charge in [0.1, 0.15) is 0 Å². The van der Waals surface area contributed by atoms with Gasteiger partial charge in [-0.15, -0.1) is 0 Å². The Hall–Kier alpha value is -2.53. The van der Waals surface area contributed by atoms with Gasteiger partial charge in [0.15, 0.2) is 5.58 Å². The monoisotopic (exact) mass is 356 g/mol. The molecule has 1 aromatic heterocycles. The first-order valence-electron chi connectivity index (χ1n) is 8.31. The minimum Gasteiger partial charge on any atom is -0.408 e. The summed E-state index contributed by atoms with van der Waals surface area (Å²) in [5.41, 5.74) is 4.55. The number of amides is 1. The Morgan fingerprint density at radius 2 is 2.00 bits per heavy atom. The van der Waals surface area contributed by atoms with Gasteiger partial charge in [0.25, 0.3) is 0 Å². The minimum atomic E-state index is -0.484. The first-order chi connectivity index (χ1) is 12.1. The summed E-state index contributed by atoms with van der Waals surface area (Å²) in [4.78, 5) is 24.2. The maximum Gasteiger partial charge on any atom is 0.419 e. The van der Waals surface area contributed by atoms with E-state index in [4.69, 9.17) is 16.0 Å². The fourth-order valence-electron chi connectivity index (χ4n) is 3.34. The number of hydrogen-bond acceptors (Lipinski definition) is 3. The zero-order chi connectivity index (χ0) is 17.4. The number of aromatic nitrogens is 1. The molecule has 2 aromatic carbocycles. The molecular formula is C19H17ClN2O3. The van der Waals surface area contributed by atoms with Crippen LogP contribution in [0.25, 0.3) is 11.1 Å². The highest BCUT2D eigenvalue weighted by atomic mass is 35.5. The van der Waals surface area contributed by atoms with Crippen LogP contribution in [0, 0.1) is 0 Å². The Balaban J connectivity index is 1.45. The van der Waals surface area contributed by atoms with Crippen LogP contribution in [-0.4, -0.2) is 10.5 Å². The Morgan fingerprint density at radius 1 is 1.16 bits per heavy atom. The number of rotatable bonds is 4. The van der Waals surface area contributed by atoms with E-state index in [1.54, 1.807) is 18.2 Å². The number of hydrogen-bond donors (Lipinski definition) is 1. The number of oxazole rings is 1. The Labute approximate surface area is 149 Å². The van der Waals surface area contributed by atoms with Crippen molar-refractivity contribution in [3.63, 3.8) is 0 Å². The zero-order valence-electron chi connectivity index (χ0n) is 13.5. The average molecular weight is 357 g/mol. The molecule has 0 saturated heterocycles. The number of nitrogens with zero attached hydrogens (tertiary/aromatic N) is 1. The number of aryl methyl sites for hydroxylation is 3. The van der Waals surface area contributed by atoms with Crippen LogP contribution in [0.4, 0.5) is 5.69 Å². The molecule has 1 N–H and O–H groups in total. The van der Waals surface area contributed by atoms with Gasteiger partial charge in [0.05, 0.1) is 5.52 Å². The van der Waals surface area contributed by atoms with Gasteiger partial charge in [-0.2, -0.15) is 0 Å². The topological polar surface area (TPSA) is 64.2 Å². The molecule has 1 amide bonds. The Morgan fingerprint density at radius 3 is 2.88 bits per heavy atom. The largest absolute Gasteiger partial charge is 0.419 e. The van der Waals surface area contributed by atoms with Gasteiger partial charge in [-0.05, 0) is 54.7 Å². The molecule has 0 atom stereocenters. The van der Waals surface area contributed by atoms with Gasteiger partial charge >= 0.3 is 5.76 Å². The molecule has 0 aliphatic heterocycles. The molecule has 4 rings (SSSR count). The van der Waals surface area contributed by atoms with E-state index in [1.165, 1.54) is 22.1 Å². The Kier molecular flexibility index (Phi) is 4.09. The molecule has 0 unspecified atom stereocenters. The maximum absolute atomic E-state index is 12.2. The summed E-state index contributed by atoms with van der Waals surface area (Å²) in [6.07, 6.45) is 3.55. The van der Waals surface area contributed by atoms with E-state index >= 15 is 0 Å². The molecule has 5 nitrogen and oxygen atoms in total. The summed E-state index contributed by atoms with van der Waals surface area (Å²) in [6.45, 7) is 0.254. The van der Waals surface area contributed by atoms with Crippen molar-refractivity contribution in [2.75, 3.05) is 5.32 Å². The molecule has 128 valence electrons. The van der Waals surface area contributed by atoms with E-state index in [9.17, 15) is 9.59 Å². The highest BCUT2D eigenvalue weighted by Crippen LogP contribution is 2.25. The van der Waals surface area contributed by atoms with Gasteiger partial charge < -0.3 is 9.73 Å². The zero-order valence-corrected chi connectivity index (χ0v) is 14.3. The van der Waals surface area contributed by atoms with E-state index in [0.717, 1.165) is 18.5 Å². The normalized spacial score (nSPS) is 13.2. The van der Waals surface area contributed by atoms with Crippen LogP contribution in [0.1, 0.15) is 24.0 Å². The summed E-state index contributed by atoms with van der Waals surface area (Å²) in [5.74, 6) is -0.615. The number of nitrogens with one attached hydrogen (secondary N) is 1. The lowest BCUT2D eigenvalue weighted by atomic mass is 10.1. The van der Waals surface area contributed by atoms with E-state index < -0.39 is 5.76 Å². The van der Waals surface area contributed by atoms with Crippen LogP contribution in [0.2, 0.25) is 5.02 Å². The molecule has 25 heavy (non-hydrogen) atoms. The van der Waals surface area contributed by atoms with Gasteiger partial charge in [-0.1, -0.05) is 17.7 Å². The number of carbonyl (C=O) groups excluding carboxylic acids is 1. The number of anilines is 1. The van der Waals surface area contributed by atoms with Crippen LogP contribution in [0.5, 0.6) is 0 Å². The van der Waals surface area contributed by atoms with Crippen LogP contribution < -0.4 is 11.1 Å². The van der Waals surface area contributed by atoms with E-state index in [0.29, 0.717) is 16.1 Å². The van der Waals surface area contributed by atoms with E-state index in [-0.39, 0.29) is 18.9 Å². The highest BCUT2D eigenvalue weighted by molar-refractivity contribution is 6.31. The van der Waals surface area contributed by atoms with Crippen molar-refractivity contribution >= 4 is 34.3 Å². The van der Waals surface area contributed by atoms with E-state index in [1.807, 2.05) is 12.1 Å². The molecule has 0 spiro atoms. The van der Waals surface area contributed by atoms with Crippen LogP contribution in [0.3, 0.4) is 0 Å². The average Bonchev–Trinajstić information content (AvgIpc) is 3.15. The first-order valence-corrected chi connectivity index (χ1v) is 8.68. The highest BCUT2D eigenvalue weighted by Gasteiger charge is 2.13. The second kappa shape index (κ2) is 6.41. The Bertz CT molecular complexity index is 1020. The van der Waals surface area contributed by atoms with Crippen molar-refractivity contribution in [1.82, 2.24) is 4.57 Å². The third-order valence-corrected chi connectivity index (χ3v) is 4.81. The van der Waals surface area contributed by atoms with Crippen LogP contribution >= 0.6 is 11.6 Å². The lowest BCUT2D eigenvalue weighted by Crippen LogP contribution is -2.19. The lowest BCUT2D eigenvalue weighted by Gasteiger charge is -2.08. The summed E-state index contributed by atoms with van der Waals surface area (Å²) in [6, 6.07) is 11.1. The molecule has 0 radical (unpaired) electrons. The predicted molar refractivity (Wildman–Crippen MR) is 97.2 cm³/mol. The molecule has 1 aliphatic carbocycles. The molecule has 1 aliphatic rings. The van der Waals surface area contributed by atoms with Crippen LogP contribution in [0.15, 0.2) is 45.6 Å². The molecule has 0 fully saturated rings. The van der Waals surface area contributed by atoms with E-state index in [2.05, 4.69) is 11.4 Å². The van der Waals surface area contributed by atoms with Crippen molar-refractivity contribution in [2.45, 2.75) is 32.2 Å². The van der Waals surface area contributed by atoms with Gasteiger partial charge in [0, 0.05) is 29.7 Å². The van der Waals surface area contributed by atoms with Crippen molar-refractivity contribution in [3.05, 3.63) is 63.1 Å². The van der Waals surface area contributed by atoms with Crippen molar-refractivity contribution in [3.8, 4) is 0 Å². The summed E-state index contributed by atoms with van der Waals surface area (Å²) in [5, 5.41) is 3.41. The van der Waals surface area contributed by atoms with Gasteiger partial charge in [-0.25, -0.2) is 4.79 Å². The standard InChI is InChI=1S/C19H17ClN2O3/c20-14-5-7-16-17(11-14)25-19(24)22(16)9-8-18(23)21-15-6-4-12-2-1-3-13(12)10-15/h4-7,10-11H,1-3,8-9H2,(H,21,23). The molecule has 1 heterocycles. The molecule has 3 aromatic rings. The summed E-state index contributed by atoms with van der Waals surface area (Å²) in [7, 11) is 0. The number of carbonyl (C=O) groups is 1. The molecule has 0 bridgehead atoms. The quantitative estimate of drug-likeness (QED) is 0.774. The van der Waals surface area contributed by atoms with Gasteiger partial charge in [0.2, 0.25) is 5.91 Å². The fraction of sp³-hybridized carbons (Fsp3) is 0.263. The maximum atomic E-state index is 12.2. The lowest BCUT2D eigenvalue weighted by molar-refractivity contribution is -0.116. The molecule has 0 saturated carbocycles. The molecular weight excluding hydrogens is 340 g/mol. The van der Waals surface area contributed by atoms with Crippen LogP contribution in [-0.2, 0) is 24.2 Å². The fourth-order valence-corrected chi connectivity index (χ4v) is 3.50. The summed E-state index contributed by atoms with van der Waals surface area (Å²) >= 11 is 5.90. The SMILES string of the molecule is O=C(CCn1c(=O)oc2cc(Cl)ccc21)Nc1ccc2c(c1)CCC2. The third-order valence-electron chi connectivity index (χ3n) is 4.58. The first kappa shape index (κ1) is 16.0. The minimum absolute atomic E-state index is 0.131. The second-order valence-corrected chi connectivity index (χ2v) is 6.70. The number of halogens is 1. The third kappa shape index (κ3) is 3.20. The predicted octanol–water partition coefficient (Wildman–Crippen LogP) is 3.77. The second-order valence-electron chi connectivity index (χ2n) is 6.27.